The first-order valence-electron chi connectivity index (χ1n) is 6.32. The molecule has 0 spiro atoms. The Morgan fingerprint density at radius 3 is 2.65 bits per heavy atom. The normalized spacial score (nSPS) is 24.9. The Bertz CT molecular complexity index is 372. The van der Waals surface area contributed by atoms with Crippen molar-refractivity contribution in [3.8, 4) is 0 Å². The summed E-state index contributed by atoms with van der Waals surface area (Å²) < 4.78 is 14.4. The number of hydrogen-bond acceptors (Lipinski definition) is 1. The largest absolute Gasteiger partial charge is 0.310 e. The van der Waals surface area contributed by atoms with Gasteiger partial charge in [-0.1, -0.05) is 28.9 Å². The van der Waals surface area contributed by atoms with Gasteiger partial charge in [-0.3, -0.25) is 0 Å². The summed E-state index contributed by atoms with van der Waals surface area (Å²) in [6.45, 7) is 2.95. The van der Waals surface area contributed by atoms with Gasteiger partial charge in [-0.25, -0.2) is 4.39 Å². The van der Waals surface area contributed by atoms with E-state index >= 15 is 0 Å². The quantitative estimate of drug-likeness (QED) is 0.879. The van der Waals surface area contributed by atoms with Crippen LogP contribution >= 0.6 is 15.9 Å². The van der Waals surface area contributed by atoms with Crippen molar-refractivity contribution in [2.24, 2.45) is 5.92 Å². The monoisotopic (exact) mass is 299 g/mol. The van der Waals surface area contributed by atoms with Crippen LogP contribution in [-0.2, 0) is 6.54 Å². The molecule has 0 aromatic heterocycles. The van der Waals surface area contributed by atoms with E-state index in [1.165, 1.54) is 31.7 Å². The van der Waals surface area contributed by atoms with E-state index < -0.39 is 0 Å². The summed E-state index contributed by atoms with van der Waals surface area (Å²) in [5.41, 5.74) is 0.756. The van der Waals surface area contributed by atoms with Crippen LogP contribution in [0.4, 0.5) is 4.39 Å². The zero-order chi connectivity index (χ0) is 12.3. The maximum Gasteiger partial charge on any atom is 0.128 e. The van der Waals surface area contributed by atoms with Gasteiger partial charge in [0, 0.05) is 22.6 Å². The molecule has 17 heavy (non-hydrogen) atoms. The first kappa shape index (κ1) is 13.0. The first-order valence-corrected chi connectivity index (χ1v) is 7.12. The van der Waals surface area contributed by atoms with Gasteiger partial charge >= 0.3 is 0 Å². The first-order chi connectivity index (χ1) is 8.15. The van der Waals surface area contributed by atoms with Crippen LogP contribution in [0.2, 0.25) is 0 Å². The summed E-state index contributed by atoms with van der Waals surface area (Å²) in [5, 5.41) is 3.46. The topological polar surface area (TPSA) is 12.0 Å². The van der Waals surface area contributed by atoms with Crippen molar-refractivity contribution in [3.63, 3.8) is 0 Å². The lowest BCUT2D eigenvalue weighted by Gasteiger charge is -2.27. The fourth-order valence-corrected chi connectivity index (χ4v) is 2.72. The van der Waals surface area contributed by atoms with Crippen LogP contribution in [0.3, 0.4) is 0 Å². The van der Waals surface area contributed by atoms with Gasteiger partial charge in [0.2, 0.25) is 0 Å². The molecule has 0 aliphatic heterocycles. The van der Waals surface area contributed by atoms with Crippen LogP contribution in [0.15, 0.2) is 22.7 Å². The molecule has 0 unspecified atom stereocenters. The highest BCUT2D eigenvalue weighted by Crippen LogP contribution is 2.24. The molecule has 0 atom stereocenters. The average Bonchev–Trinajstić information content (AvgIpc) is 2.30. The minimum atomic E-state index is -0.129. The second-order valence-electron chi connectivity index (χ2n) is 5.07. The summed E-state index contributed by atoms with van der Waals surface area (Å²) in [6, 6.07) is 5.83. The third kappa shape index (κ3) is 3.78. The Labute approximate surface area is 111 Å². The highest BCUT2D eigenvalue weighted by atomic mass is 79.9. The highest BCUT2D eigenvalue weighted by molar-refractivity contribution is 9.10. The minimum Gasteiger partial charge on any atom is -0.310 e. The molecular formula is C14H19BrFN. The van der Waals surface area contributed by atoms with E-state index in [2.05, 4.69) is 28.2 Å². The highest BCUT2D eigenvalue weighted by Gasteiger charge is 2.17. The van der Waals surface area contributed by atoms with Crippen LogP contribution < -0.4 is 5.32 Å². The third-order valence-corrected chi connectivity index (χ3v) is 4.11. The number of hydrogen-bond donors (Lipinski definition) is 1. The predicted molar refractivity (Wildman–Crippen MR) is 72.4 cm³/mol. The summed E-state index contributed by atoms with van der Waals surface area (Å²) in [5.74, 6) is 0.730. The molecule has 1 saturated carbocycles. The van der Waals surface area contributed by atoms with Gasteiger partial charge in [0.1, 0.15) is 5.82 Å². The fourth-order valence-electron chi connectivity index (χ4n) is 2.38. The molecule has 1 aliphatic carbocycles. The van der Waals surface area contributed by atoms with E-state index in [9.17, 15) is 4.39 Å². The summed E-state index contributed by atoms with van der Waals surface area (Å²) in [7, 11) is 0. The Balaban J connectivity index is 1.85. The molecule has 0 radical (unpaired) electrons. The van der Waals surface area contributed by atoms with Crippen molar-refractivity contribution in [2.45, 2.75) is 45.2 Å². The van der Waals surface area contributed by atoms with Crippen molar-refractivity contribution >= 4 is 15.9 Å². The fraction of sp³-hybridized carbons (Fsp3) is 0.571. The molecular weight excluding hydrogens is 281 g/mol. The maximum absolute atomic E-state index is 13.6. The summed E-state index contributed by atoms with van der Waals surface area (Å²) >= 11 is 3.27. The summed E-state index contributed by atoms with van der Waals surface area (Å²) in [6.07, 6.45) is 5.03. The molecule has 94 valence electrons. The van der Waals surface area contributed by atoms with E-state index in [4.69, 9.17) is 0 Å². The van der Waals surface area contributed by atoms with Crippen molar-refractivity contribution in [2.75, 3.05) is 0 Å². The van der Waals surface area contributed by atoms with E-state index in [1.807, 2.05) is 12.1 Å². The van der Waals surface area contributed by atoms with Crippen LogP contribution in [0, 0.1) is 11.7 Å². The smallest absolute Gasteiger partial charge is 0.128 e. The number of rotatable bonds is 3. The lowest BCUT2D eigenvalue weighted by Crippen LogP contribution is -2.32. The van der Waals surface area contributed by atoms with Crippen molar-refractivity contribution in [1.29, 1.82) is 0 Å². The van der Waals surface area contributed by atoms with Crippen LogP contribution in [-0.4, -0.2) is 6.04 Å². The number of nitrogens with one attached hydrogen (secondary N) is 1. The van der Waals surface area contributed by atoms with E-state index in [0.29, 0.717) is 12.6 Å². The molecule has 0 bridgehead atoms. The molecule has 1 fully saturated rings. The van der Waals surface area contributed by atoms with E-state index in [-0.39, 0.29) is 5.82 Å². The van der Waals surface area contributed by atoms with Crippen LogP contribution in [0.25, 0.3) is 0 Å². The summed E-state index contributed by atoms with van der Waals surface area (Å²) in [4.78, 5) is 0. The van der Waals surface area contributed by atoms with Crippen molar-refractivity contribution < 1.29 is 4.39 Å². The molecule has 1 N–H and O–H groups in total. The van der Waals surface area contributed by atoms with Gasteiger partial charge in [0.25, 0.3) is 0 Å². The molecule has 0 heterocycles. The van der Waals surface area contributed by atoms with Gasteiger partial charge in [-0.15, -0.1) is 0 Å². The predicted octanol–water partition coefficient (Wildman–Crippen LogP) is 4.26. The minimum absolute atomic E-state index is 0.129. The van der Waals surface area contributed by atoms with E-state index in [0.717, 1.165) is 16.0 Å². The van der Waals surface area contributed by atoms with Crippen LogP contribution in [0.5, 0.6) is 0 Å². The third-order valence-electron chi connectivity index (χ3n) is 3.61. The second-order valence-corrected chi connectivity index (χ2v) is 5.99. The molecule has 2 rings (SSSR count). The Morgan fingerprint density at radius 2 is 2.00 bits per heavy atom. The Kier molecular flexibility index (Phi) is 4.57. The molecule has 0 saturated heterocycles. The maximum atomic E-state index is 13.6. The lowest BCUT2D eigenvalue weighted by atomic mass is 9.87. The van der Waals surface area contributed by atoms with Gasteiger partial charge in [0.05, 0.1) is 0 Å². The van der Waals surface area contributed by atoms with Gasteiger partial charge in [0.15, 0.2) is 0 Å². The molecule has 1 nitrogen and oxygen atoms in total. The Morgan fingerprint density at radius 1 is 1.29 bits per heavy atom. The lowest BCUT2D eigenvalue weighted by molar-refractivity contribution is 0.305. The molecule has 1 aliphatic rings. The standard InChI is InChI=1S/C14H19BrFN/c1-10-2-6-13(7-3-10)17-9-11-4-5-12(15)8-14(11)16/h4-5,8,10,13,17H,2-3,6-7,9H2,1H3. The number of halogens is 2. The van der Waals surface area contributed by atoms with Gasteiger partial charge in [-0.2, -0.15) is 0 Å². The van der Waals surface area contributed by atoms with E-state index in [1.54, 1.807) is 0 Å². The SMILES string of the molecule is CC1CCC(NCc2ccc(Br)cc2F)CC1. The average molecular weight is 300 g/mol. The molecule has 3 heteroatoms. The molecule has 1 aromatic carbocycles. The van der Waals surface area contributed by atoms with Crippen molar-refractivity contribution in [3.05, 3.63) is 34.1 Å². The zero-order valence-corrected chi connectivity index (χ0v) is 11.8. The van der Waals surface area contributed by atoms with Gasteiger partial charge < -0.3 is 5.32 Å². The van der Waals surface area contributed by atoms with Crippen molar-refractivity contribution in [1.82, 2.24) is 5.32 Å². The Hall–Kier alpha value is -0.410. The number of benzene rings is 1. The van der Waals surface area contributed by atoms with Gasteiger partial charge in [-0.05, 0) is 43.7 Å². The molecule has 0 amide bonds. The second kappa shape index (κ2) is 5.96. The van der Waals surface area contributed by atoms with Crippen LogP contribution in [0.1, 0.15) is 38.2 Å². The molecule has 1 aromatic rings. The zero-order valence-electron chi connectivity index (χ0n) is 10.2.